The molecule has 34 heavy (non-hydrogen) atoms. The number of anilines is 2. The van der Waals surface area contributed by atoms with Crippen LogP contribution >= 0.6 is 11.6 Å². The molecule has 178 valence electrons. The highest BCUT2D eigenvalue weighted by Gasteiger charge is 2.14. The monoisotopic (exact) mass is 505 g/mol. The van der Waals surface area contributed by atoms with Gasteiger partial charge >= 0.3 is 0 Å². The van der Waals surface area contributed by atoms with Crippen molar-refractivity contribution in [2.45, 2.75) is 6.61 Å². The third-order valence-corrected chi connectivity index (χ3v) is 4.37. The highest BCUT2D eigenvalue weighted by Crippen LogP contribution is 2.31. The summed E-state index contributed by atoms with van der Waals surface area (Å²) in [5.74, 6) is 0.525. The van der Waals surface area contributed by atoms with Crippen LogP contribution in [0.2, 0.25) is 5.02 Å². The minimum Gasteiger partial charge on any atom is -0.469 e. The van der Waals surface area contributed by atoms with Gasteiger partial charge < -0.3 is 19.8 Å². The molecule has 0 fully saturated rings. The molecule has 0 aliphatic carbocycles. The first-order valence-corrected chi connectivity index (χ1v) is 11.9. The standard InChI is InChI=1S/C20H16ClN5O3.CH4O3S/c1-22-19(27)16-10-12(6-8-23-16)11-29-20-17-15(7-9-28-17)18(25-26-20)24-14-4-2-13(21)3-5-14;1-5(2,3)4/h2-10H,11H2,1H3,(H,22,27)(H,24,25);1H3,(H,2,3,4). The Kier molecular flexibility index (Phi) is 7.99. The summed E-state index contributed by atoms with van der Waals surface area (Å²) in [7, 11) is -2.12. The number of nitrogens with one attached hydrogen (secondary N) is 2. The van der Waals surface area contributed by atoms with Crippen LogP contribution in [0.1, 0.15) is 16.1 Å². The van der Waals surface area contributed by atoms with E-state index in [1.54, 1.807) is 49.8 Å². The van der Waals surface area contributed by atoms with Gasteiger partial charge in [0.05, 0.1) is 17.9 Å². The number of benzene rings is 1. The normalized spacial score (nSPS) is 10.8. The third-order valence-electron chi connectivity index (χ3n) is 4.12. The van der Waals surface area contributed by atoms with E-state index in [2.05, 4.69) is 25.8 Å². The maximum absolute atomic E-state index is 11.7. The smallest absolute Gasteiger partial charge is 0.278 e. The topological polar surface area (TPSA) is 157 Å². The van der Waals surface area contributed by atoms with Crippen molar-refractivity contribution in [1.82, 2.24) is 20.5 Å². The Hall–Kier alpha value is -3.74. The molecule has 3 heterocycles. The average molecular weight is 506 g/mol. The van der Waals surface area contributed by atoms with Crippen LogP contribution in [0.25, 0.3) is 11.0 Å². The van der Waals surface area contributed by atoms with Crippen molar-refractivity contribution in [3.8, 4) is 5.88 Å². The maximum atomic E-state index is 11.7. The van der Waals surface area contributed by atoms with Crippen molar-refractivity contribution in [3.05, 3.63) is 71.2 Å². The van der Waals surface area contributed by atoms with Crippen molar-refractivity contribution in [1.29, 1.82) is 0 Å². The van der Waals surface area contributed by atoms with Crippen molar-refractivity contribution in [3.63, 3.8) is 0 Å². The van der Waals surface area contributed by atoms with Crippen molar-refractivity contribution < 1.29 is 26.9 Å². The number of carbonyl (C=O) groups is 1. The number of amides is 1. The molecule has 1 aromatic carbocycles. The fourth-order valence-corrected chi connectivity index (χ4v) is 2.81. The predicted molar refractivity (Wildman–Crippen MR) is 126 cm³/mol. The molecule has 0 aliphatic rings. The van der Waals surface area contributed by atoms with E-state index in [1.165, 1.54) is 0 Å². The first-order chi connectivity index (χ1) is 16.1. The van der Waals surface area contributed by atoms with Gasteiger partial charge in [0, 0.05) is 24.0 Å². The van der Waals surface area contributed by atoms with Crippen LogP contribution in [0, 0.1) is 0 Å². The molecular weight excluding hydrogens is 486 g/mol. The second-order valence-electron chi connectivity index (χ2n) is 6.80. The van der Waals surface area contributed by atoms with E-state index in [9.17, 15) is 13.2 Å². The van der Waals surface area contributed by atoms with Crippen molar-refractivity contribution >= 4 is 50.1 Å². The molecule has 1 amide bonds. The summed E-state index contributed by atoms with van der Waals surface area (Å²) < 4.78 is 37.2. The zero-order chi connectivity index (χ0) is 24.7. The molecule has 0 atom stereocenters. The molecule has 3 N–H and O–H groups in total. The Morgan fingerprint density at radius 1 is 1.18 bits per heavy atom. The van der Waals surface area contributed by atoms with E-state index < -0.39 is 10.1 Å². The van der Waals surface area contributed by atoms with E-state index in [0.717, 1.165) is 16.6 Å². The number of aromatic nitrogens is 3. The van der Waals surface area contributed by atoms with Gasteiger partial charge in [-0.2, -0.15) is 8.42 Å². The summed E-state index contributed by atoms with van der Waals surface area (Å²) in [5.41, 5.74) is 2.37. The molecular formula is C21H20ClN5O6S. The molecule has 0 spiro atoms. The molecule has 0 unspecified atom stereocenters. The summed E-state index contributed by atoms with van der Waals surface area (Å²) in [6.45, 7) is 0.182. The fraction of sp³-hybridized carbons (Fsp3) is 0.143. The number of nitrogens with zero attached hydrogens (tertiary/aromatic N) is 3. The zero-order valence-electron chi connectivity index (χ0n) is 18.0. The quantitative estimate of drug-likeness (QED) is 0.331. The summed E-state index contributed by atoms with van der Waals surface area (Å²) in [4.78, 5) is 15.8. The van der Waals surface area contributed by atoms with E-state index in [0.29, 0.717) is 28.4 Å². The van der Waals surface area contributed by atoms with Crippen LogP contribution in [0.4, 0.5) is 11.5 Å². The lowest BCUT2D eigenvalue weighted by Gasteiger charge is -2.09. The van der Waals surface area contributed by atoms with Crippen LogP contribution < -0.4 is 15.4 Å². The number of halogens is 1. The lowest BCUT2D eigenvalue weighted by Crippen LogP contribution is -2.19. The zero-order valence-corrected chi connectivity index (χ0v) is 19.6. The number of hydrogen-bond acceptors (Lipinski definition) is 9. The van der Waals surface area contributed by atoms with Crippen LogP contribution in [0.15, 0.2) is 59.3 Å². The van der Waals surface area contributed by atoms with Gasteiger partial charge in [-0.25, -0.2) is 0 Å². The number of rotatable bonds is 6. The summed E-state index contributed by atoms with van der Waals surface area (Å²) in [6, 6.07) is 12.4. The molecule has 4 rings (SSSR count). The maximum Gasteiger partial charge on any atom is 0.278 e. The number of pyridine rings is 1. The van der Waals surface area contributed by atoms with Crippen molar-refractivity contribution in [2.75, 3.05) is 18.6 Å². The minimum absolute atomic E-state index is 0.182. The van der Waals surface area contributed by atoms with Gasteiger partial charge in [0.15, 0.2) is 5.82 Å². The summed E-state index contributed by atoms with van der Waals surface area (Å²) in [6.07, 6.45) is 3.81. The molecule has 0 aliphatic heterocycles. The largest absolute Gasteiger partial charge is 0.469 e. The summed E-state index contributed by atoms with van der Waals surface area (Å²) in [5, 5.41) is 15.4. The lowest BCUT2D eigenvalue weighted by molar-refractivity contribution is 0.0958. The van der Waals surface area contributed by atoms with Gasteiger partial charge in [0.25, 0.3) is 21.9 Å². The summed E-state index contributed by atoms with van der Waals surface area (Å²) >= 11 is 5.92. The molecule has 0 radical (unpaired) electrons. The van der Waals surface area contributed by atoms with E-state index >= 15 is 0 Å². The first-order valence-electron chi connectivity index (χ1n) is 9.63. The highest BCUT2D eigenvalue weighted by atomic mass is 35.5. The first kappa shape index (κ1) is 24.9. The number of carbonyl (C=O) groups excluding carboxylic acids is 1. The number of fused-ring (bicyclic) bond motifs is 1. The Labute approximate surface area is 199 Å². The second-order valence-corrected chi connectivity index (χ2v) is 8.70. The SMILES string of the molecule is CNC(=O)c1cc(COc2nnc(Nc3ccc(Cl)cc3)c3ccoc23)ccn1.CS(=O)(=O)O. The van der Waals surface area contributed by atoms with Gasteiger partial charge in [-0.3, -0.25) is 14.3 Å². The molecule has 0 saturated carbocycles. The highest BCUT2D eigenvalue weighted by molar-refractivity contribution is 7.85. The second kappa shape index (κ2) is 10.9. The van der Waals surface area contributed by atoms with Crippen LogP contribution in [0.5, 0.6) is 5.88 Å². The Morgan fingerprint density at radius 2 is 1.88 bits per heavy atom. The Balaban J connectivity index is 0.000000588. The lowest BCUT2D eigenvalue weighted by atomic mass is 10.2. The van der Waals surface area contributed by atoms with E-state index in [4.69, 9.17) is 25.3 Å². The Bertz CT molecular complexity index is 1380. The predicted octanol–water partition coefficient (Wildman–Crippen LogP) is 3.46. The molecule has 0 saturated heterocycles. The number of furan rings is 1. The van der Waals surface area contributed by atoms with E-state index in [-0.39, 0.29) is 18.4 Å². The van der Waals surface area contributed by atoms with E-state index in [1.807, 2.05) is 12.1 Å². The minimum atomic E-state index is -3.67. The molecule has 11 nitrogen and oxygen atoms in total. The van der Waals surface area contributed by atoms with Crippen molar-refractivity contribution in [2.24, 2.45) is 0 Å². The van der Waals surface area contributed by atoms with Gasteiger partial charge in [-0.1, -0.05) is 11.6 Å². The average Bonchev–Trinajstić information content (AvgIpc) is 3.29. The van der Waals surface area contributed by atoms with Crippen LogP contribution in [-0.2, 0) is 16.7 Å². The molecule has 13 heteroatoms. The molecule has 0 bridgehead atoms. The van der Waals surface area contributed by atoms with Crippen LogP contribution in [0.3, 0.4) is 0 Å². The van der Waals surface area contributed by atoms with Gasteiger partial charge in [0.1, 0.15) is 12.3 Å². The molecule has 3 aromatic heterocycles. The third kappa shape index (κ3) is 7.13. The van der Waals surface area contributed by atoms with Gasteiger partial charge in [0.2, 0.25) is 5.58 Å². The van der Waals surface area contributed by atoms with Crippen LogP contribution in [-0.4, -0.2) is 47.4 Å². The van der Waals surface area contributed by atoms with Gasteiger partial charge in [-0.05, 0) is 48.0 Å². The number of ether oxygens (including phenoxy) is 1. The Morgan fingerprint density at radius 3 is 2.56 bits per heavy atom. The number of hydrogen-bond donors (Lipinski definition) is 3. The molecule has 4 aromatic rings. The van der Waals surface area contributed by atoms with Gasteiger partial charge in [-0.15, -0.1) is 10.2 Å². The fourth-order valence-electron chi connectivity index (χ4n) is 2.68.